The highest BCUT2D eigenvalue weighted by Gasteiger charge is 2.19. The summed E-state index contributed by atoms with van der Waals surface area (Å²) in [6.07, 6.45) is 3.22. The second kappa shape index (κ2) is 9.55. The van der Waals surface area contributed by atoms with Crippen LogP contribution in [0.3, 0.4) is 0 Å². The number of rotatable bonds is 5. The van der Waals surface area contributed by atoms with Crippen LogP contribution in [-0.4, -0.2) is 35.7 Å². The highest BCUT2D eigenvalue weighted by molar-refractivity contribution is 6.01. The van der Waals surface area contributed by atoms with Crippen LogP contribution < -0.4 is 16.2 Å². The van der Waals surface area contributed by atoms with Crippen molar-refractivity contribution < 1.29 is 14.4 Å². The predicted molar refractivity (Wildman–Crippen MR) is 107 cm³/mol. The van der Waals surface area contributed by atoms with E-state index in [1.807, 2.05) is 36.4 Å². The fourth-order valence-electron chi connectivity index (χ4n) is 3.08. The number of likely N-dealkylation sites (tertiary alicyclic amines) is 1. The Hall–Kier alpha value is -3.35. The fourth-order valence-corrected chi connectivity index (χ4v) is 3.08. The monoisotopic (exact) mass is 380 g/mol. The van der Waals surface area contributed by atoms with Crippen LogP contribution in [0, 0.1) is 0 Å². The van der Waals surface area contributed by atoms with E-state index in [4.69, 9.17) is 0 Å². The molecule has 1 heterocycles. The van der Waals surface area contributed by atoms with Crippen LogP contribution in [0.15, 0.2) is 54.6 Å². The van der Waals surface area contributed by atoms with Crippen molar-refractivity contribution >= 4 is 29.1 Å². The summed E-state index contributed by atoms with van der Waals surface area (Å²) >= 11 is 0. The molecule has 0 atom stereocenters. The molecule has 3 rings (SSSR count). The summed E-state index contributed by atoms with van der Waals surface area (Å²) in [5.41, 5.74) is 6.71. The molecule has 3 amide bonds. The highest BCUT2D eigenvalue weighted by Crippen LogP contribution is 2.20. The van der Waals surface area contributed by atoms with Crippen LogP contribution in [0.2, 0.25) is 0 Å². The zero-order valence-electron chi connectivity index (χ0n) is 15.6. The van der Waals surface area contributed by atoms with E-state index >= 15 is 0 Å². The number of hydrazine groups is 1. The molecule has 1 fully saturated rings. The van der Waals surface area contributed by atoms with Gasteiger partial charge in [0.15, 0.2) is 0 Å². The molecule has 0 unspecified atom stereocenters. The summed E-state index contributed by atoms with van der Waals surface area (Å²) in [5.74, 6) is -0.872. The van der Waals surface area contributed by atoms with Gasteiger partial charge in [-0.05, 0) is 37.1 Å². The summed E-state index contributed by atoms with van der Waals surface area (Å²) in [7, 11) is 0. The van der Waals surface area contributed by atoms with Crippen LogP contribution in [0.5, 0.6) is 0 Å². The molecular formula is C21H24N4O3. The zero-order chi connectivity index (χ0) is 19.8. The first-order valence-electron chi connectivity index (χ1n) is 9.41. The van der Waals surface area contributed by atoms with E-state index in [9.17, 15) is 14.4 Å². The van der Waals surface area contributed by atoms with E-state index in [0.29, 0.717) is 24.2 Å². The molecule has 28 heavy (non-hydrogen) atoms. The van der Waals surface area contributed by atoms with Gasteiger partial charge in [-0.1, -0.05) is 36.8 Å². The van der Waals surface area contributed by atoms with Crippen LogP contribution in [0.4, 0.5) is 11.4 Å². The molecular weight excluding hydrogens is 356 g/mol. The number of hydrogen-bond acceptors (Lipinski definition) is 4. The third-order valence-electron chi connectivity index (χ3n) is 4.55. The van der Waals surface area contributed by atoms with Crippen molar-refractivity contribution in [1.82, 2.24) is 15.8 Å². The maximum atomic E-state index is 12.5. The molecule has 3 N–H and O–H groups in total. The third kappa shape index (κ3) is 5.33. The summed E-state index contributed by atoms with van der Waals surface area (Å²) in [6, 6.07) is 16.5. The maximum Gasteiger partial charge on any atom is 0.271 e. The average molecular weight is 380 g/mol. The first kappa shape index (κ1) is 19.4. The van der Waals surface area contributed by atoms with E-state index in [2.05, 4.69) is 16.2 Å². The van der Waals surface area contributed by atoms with Crippen LogP contribution >= 0.6 is 0 Å². The SMILES string of the molecule is O=C(CN1CCCCCC1=O)NNC(=O)c1ccccc1Nc1ccccc1. The Labute approximate surface area is 164 Å². The second-order valence-electron chi connectivity index (χ2n) is 6.66. The van der Waals surface area contributed by atoms with Gasteiger partial charge in [0.1, 0.15) is 6.54 Å². The maximum absolute atomic E-state index is 12.5. The van der Waals surface area contributed by atoms with E-state index < -0.39 is 11.8 Å². The molecule has 1 aliphatic heterocycles. The Bertz CT molecular complexity index is 839. The third-order valence-corrected chi connectivity index (χ3v) is 4.55. The van der Waals surface area contributed by atoms with Crippen molar-refractivity contribution in [2.75, 3.05) is 18.4 Å². The molecule has 0 radical (unpaired) electrons. The number of hydrogen-bond donors (Lipinski definition) is 3. The Kier molecular flexibility index (Phi) is 6.62. The van der Waals surface area contributed by atoms with Gasteiger partial charge >= 0.3 is 0 Å². The molecule has 2 aromatic carbocycles. The molecule has 0 aliphatic carbocycles. The van der Waals surface area contributed by atoms with Crippen molar-refractivity contribution in [3.63, 3.8) is 0 Å². The van der Waals surface area contributed by atoms with Crippen LogP contribution in [0.25, 0.3) is 0 Å². The largest absolute Gasteiger partial charge is 0.355 e. The minimum absolute atomic E-state index is 0.0172. The van der Waals surface area contributed by atoms with E-state index in [0.717, 1.165) is 24.9 Å². The van der Waals surface area contributed by atoms with Gasteiger partial charge in [-0.15, -0.1) is 0 Å². The fraction of sp³-hybridized carbons (Fsp3) is 0.286. The lowest BCUT2D eigenvalue weighted by molar-refractivity contribution is -0.135. The van der Waals surface area contributed by atoms with Crippen molar-refractivity contribution in [1.29, 1.82) is 0 Å². The number of carbonyl (C=O) groups is 3. The number of anilines is 2. The molecule has 7 nitrogen and oxygen atoms in total. The molecule has 0 aromatic heterocycles. The number of nitrogens with one attached hydrogen (secondary N) is 3. The van der Waals surface area contributed by atoms with E-state index in [1.54, 1.807) is 23.1 Å². The van der Waals surface area contributed by atoms with Gasteiger partial charge < -0.3 is 10.2 Å². The quantitative estimate of drug-likeness (QED) is 0.696. The summed E-state index contributed by atoms with van der Waals surface area (Å²) in [4.78, 5) is 38.2. The average Bonchev–Trinajstić information content (AvgIpc) is 2.91. The highest BCUT2D eigenvalue weighted by atomic mass is 16.2. The van der Waals surface area contributed by atoms with E-state index in [1.165, 1.54) is 0 Å². The lowest BCUT2D eigenvalue weighted by Gasteiger charge is -2.20. The Morgan fingerprint density at radius 2 is 1.64 bits per heavy atom. The minimum atomic E-state index is -0.436. The molecule has 1 aliphatic rings. The van der Waals surface area contributed by atoms with Gasteiger partial charge in [0.2, 0.25) is 5.91 Å². The molecule has 146 valence electrons. The molecule has 0 saturated carbocycles. The van der Waals surface area contributed by atoms with Gasteiger partial charge in [-0.25, -0.2) is 0 Å². The van der Waals surface area contributed by atoms with Gasteiger partial charge in [0, 0.05) is 18.7 Å². The zero-order valence-corrected chi connectivity index (χ0v) is 15.6. The number of para-hydroxylation sites is 2. The van der Waals surface area contributed by atoms with Gasteiger partial charge in [-0.2, -0.15) is 0 Å². The minimum Gasteiger partial charge on any atom is -0.355 e. The summed E-state index contributed by atoms with van der Waals surface area (Å²) in [5, 5.41) is 3.19. The predicted octanol–water partition coefficient (Wildman–Crippen LogP) is 2.59. The number of nitrogens with zero attached hydrogens (tertiary/aromatic N) is 1. The number of amides is 3. The Balaban J connectivity index is 1.57. The lowest BCUT2D eigenvalue weighted by atomic mass is 10.1. The Morgan fingerprint density at radius 1 is 0.893 bits per heavy atom. The van der Waals surface area contributed by atoms with E-state index in [-0.39, 0.29) is 12.5 Å². The molecule has 7 heteroatoms. The van der Waals surface area contributed by atoms with Gasteiger partial charge in [-0.3, -0.25) is 25.2 Å². The Morgan fingerprint density at radius 3 is 2.46 bits per heavy atom. The lowest BCUT2D eigenvalue weighted by Crippen LogP contribution is -2.47. The molecule has 1 saturated heterocycles. The first-order valence-corrected chi connectivity index (χ1v) is 9.41. The number of carbonyl (C=O) groups excluding carboxylic acids is 3. The van der Waals surface area contributed by atoms with Crippen LogP contribution in [0.1, 0.15) is 36.0 Å². The molecule has 2 aromatic rings. The number of benzene rings is 2. The van der Waals surface area contributed by atoms with Gasteiger partial charge in [0.25, 0.3) is 11.8 Å². The topological polar surface area (TPSA) is 90.5 Å². The standard InChI is InChI=1S/C21H24N4O3/c26-19(15-25-14-8-2-5-13-20(25)27)23-24-21(28)17-11-6-7-12-18(17)22-16-9-3-1-4-10-16/h1,3-4,6-7,9-12,22H,2,5,8,13-15H2,(H,23,26)(H,24,28). The normalized spacial score (nSPS) is 14.1. The smallest absolute Gasteiger partial charge is 0.271 e. The molecule has 0 spiro atoms. The van der Waals surface area contributed by atoms with Gasteiger partial charge in [0.05, 0.1) is 11.3 Å². The van der Waals surface area contributed by atoms with Crippen LogP contribution in [-0.2, 0) is 9.59 Å². The van der Waals surface area contributed by atoms with Crippen molar-refractivity contribution in [2.45, 2.75) is 25.7 Å². The summed E-state index contributed by atoms with van der Waals surface area (Å²) < 4.78 is 0. The first-order chi connectivity index (χ1) is 13.6. The van der Waals surface area contributed by atoms with Crippen molar-refractivity contribution in [3.8, 4) is 0 Å². The summed E-state index contributed by atoms with van der Waals surface area (Å²) in [6.45, 7) is 0.521. The second-order valence-corrected chi connectivity index (χ2v) is 6.66. The van der Waals surface area contributed by atoms with Crippen molar-refractivity contribution in [2.24, 2.45) is 0 Å². The molecule has 0 bridgehead atoms. The van der Waals surface area contributed by atoms with Crippen molar-refractivity contribution in [3.05, 3.63) is 60.2 Å².